The van der Waals surface area contributed by atoms with E-state index in [1.807, 2.05) is 0 Å². The first-order valence-corrected chi connectivity index (χ1v) is 6.62. The Morgan fingerprint density at radius 3 is 2.63 bits per heavy atom. The first-order valence-electron chi connectivity index (χ1n) is 5.61. The van der Waals surface area contributed by atoms with E-state index in [4.69, 9.17) is 11.6 Å². The molecule has 1 unspecified atom stereocenters. The van der Waals surface area contributed by atoms with Gasteiger partial charge in [0.25, 0.3) is 0 Å². The molecule has 0 radical (unpaired) electrons. The van der Waals surface area contributed by atoms with Gasteiger partial charge < -0.3 is 4.90 Å². The van der Waals surface area contributed by atoms with E-state index in [0.29, 0.717) is 18.7 Å². The summed E-state index contributed by atoms with van der Waals surface area (Å²) < 4.78 is 38.3. The third-order valence-electron chi connectivity index (χ3n) is 3.03. The highest BCUT2D eigenvalue weighted by Crippen LogP contribution is 2.38. The molecule has 0 aromatic heterocycles. The zero-order valence-corrected chi connectivity index (χ0v) is 11.4. The summed E-state index contributed by atoms with van der Waals surface area (Å²) >= 11 is 9.66. The van der Waals surface area contributed by atoms with Crippen LogP contribution in [0.25, 0.3) is 0 Å². The molecule has 0 N–H and O–H groups in total. The molecule has 19 heavy (non-hydrogen) atoms. The van der Waals surface area contributed by atoms with Crippen molar-refractivity contribution in [2.75, 3.05) is 17.2 Å². The van der Waals surface area contributed by atoms with Crippen molar-refractivity contribution in [3.05, 3.63) is 28.8 Å². The van der Waals surface area contributed by atoms with Crippen LogP contribution in [0.15, 0.2) is 18.2 Å². The number of rotatable bonds is 2. The lowest BCUT2D eigenvalue weighted by molar-refractivity contribution is -0.137. The van der Waals surface area contributed by atoms with E-state index in [0.717, 1.165) is 6.07 Å². The molecular formula is C12H11ClF3NOS. The average molecular weight is 310 g/mol. The molecule has 1 fully saturated rings. The smallest absolute Gasteiger partial charge is 0.312 e. The largest absolute Gasteiger partial charge is 0.417 e. The van der Waals surface area contributed by atoms with Crippen LogP contribution < -0.4 is 4.90 Å². The number of nitrogens with zero attached hydrogens (tertiary/aromatic N) is 1. The normalized spacial score (nSPS) is 20.2. The van der Waals surface area contributed by atoms with Gasteiger partial charge in [0, 0.05) is 18.7 Å². The van der Waals surface area contributed by atoms with Crippen LogP contribution in [0.5, 0.6) is 0 Å². The van der Waals surface area contributed by atoms with Gasteiger partial charge in [-0.1, -0.05) is 11.6 Å². The van der Waals surface area contributed by atoms with Crippen LogP contribution in [-0.4, -0.2) is 18.2 Å². The molecule has 0 bridgehead atoms. The van der Waals surface area contributed by atoms with Crippen molar-refractivity contribution in [3.63, 3.8) is 0 Å². The SMILES string of the molecule is O=C1CC(CS)CN1c1ccc(Cl)c(C(F)(F)F)c1. The van der Waals surface area contributed by atoms with Gasteiger partial charge in [-0.3, -0.25) is 4.79 Å². The van der Waals surface area contributed by atoms with Crippen molar-refractivity contribution < 1.29 is 18.0 Å². The Morgan fingerprint density at radius 2 is 2.11 bits per heavy atom. The van der Waals surface area contributed by atoms with E-state index >= 15 is 0 Å². The molecule has 104 valence electrons. The number of benzene rings is 1. The summed E-state index contributed by atoms with van der Waals surface area (Å²) in [5.74, 6) is 0.414. The van der Waals surface area contributed by atoms with E-state index in [-0.39, 0.29) is 22.5 Å². The molecule has 1 aromatic rings. The second-order valence-electron chi connectivity index (χ2n) is 4.42. The topological polar surface area (TPSA) is 20.3 Å². The van der Waals surface area contributed by atoms with Gasteiger partial charge in [0.2, 0.25) is 5.91 Å². The van der Waals surface area contributed by atoms with Gasteiger partial charge in [0.05, 0.1) is 10.6 Å². The van der Waals surface area contributed by atoms with Crippen LogP contribution in [0.4, 0.5) is 18.9 Å². The minimum atomic E-state index is -4.53. The summed E-state index contributed by atoms with van der Waals surface area (Å²) in [7, 11) is 0. The fourth-order valence-electron chi connectivity index (χ4n) is 2.05. The van der Waals surface area contributed by atoms with Gasteiger partial charge in [-0.25, -0.2) is 0 Å². The third kappa shape index (κ3) is 3.00. The van der Waals surface area contributed by atoms with Crippen molar-refractivity contribution in [1.82, 2.24) is 0 Å². The van der Waals surface area contributed by atoms with Gasteiger partial charge in [-0.05, 0) is 29.9 Å². The summed E-state index contributed by atoms with van der Waals surface area (Å²) in [6, 6.07) is 3.51. The lowest BCUT2D eigenvalue weighted by Gasteiger charge is -2.19. The maximum Gasteiger partial charge on any atom is 0.417 e. The summed E-state index contributed by atoms with van der Waals surface area (Å²) in [4.78, 5) is 13.1. The van der Waals surface area contributed by atoms with Gasteiger partial charge >= 0.3 is 6.18 Å². The van der Waals surface area contributed by atoms with Gasteiger partial charge in [0.15, 0.2) is 0 Å². The molecular weight excluding hydrogens is 299 g/mol. The Balaban J connectivity index is 2.34. The number of thiol groups is 1. The fourth-order valence-corrected chi connectivity index (χ4v) is 2.52. The van der Waals surface area contributed by atoms with Crippen molar-refractivity contribution in [2.24, 2.45) is 5.92 Å². The predicted molar refractivity (Wildman–Crippen MR) is 70.8 cm³/mol. The maximum atomic E-state index is 12.8. The van der Waals surface area contributed by atoms with E-state index in [1.54, 1.807) is 0 Å². The molecule has 1 amide bonds. The monoisotopic (exact) mass is 309 g/mol. The second-order valence-corrected chi connectivity index (χ2v) is 5.19. The molecule has 2 nitrogen and oxygen atoms in total. The minimum Gasteiger partial charge on any atom is -0.312 e. The number of hydrogen-bond donors (Lipinski definition) is 1. The van der Waals surface area contributed by atoms with Crippen LogP contribution in [0.2, 0.25) is 5.02 Å². The molecule has 0 aliphatic carbocycles. The van der Waals surface area contributed by atoms with Gasteiger partial charge in [-0.15, -0.1) is 0 Å². The Hall–Kier alpha value is -0.880. The quantitative estimate of drug-likeness (QED) is 0.827. The molecule has 1 heterocycles. The van der Waals surface area contributed by atoms with Crippen LogP contribution in [0.1, 0.15) is 12.0 Å². The van der Waals surface area contributed by atoms with Crippen LogP contribution >= 0.6 is 24.2 Å². The van der Waals surface area contributed by atoms with Crippen LogP contribution in [0, 0.1) is 5.92 Å². The summed E-state index contributed by atoms with van der Waals surface area (Å²) in [5, 5.41) is -0.367. The van der Waals surface area contributed by atoms with E-state index in [1.165, 1.54) is 17.0 Å². The lowest BCUT2D eigenvalue weighted by Crippen LogP contribution is -2.25. The van der Waals surface area contributed by atoms with Crippen molar-refractivity contribution >= 4 is 35.8 Å². The predicted octanol–water partition coefficient (Wildman–Crippen LogP) is 3.64. The highest BCUT2D eigenvalue weighted by atomic mass is 35.5. The maximum absolute atomic E-state index is 12.8. The Kier molecular flexibility index (Phi) is 4.01. The molecule has 1 atom stereocenters. The highest BCUT2D eigenvalue weighted by Gasteiger charge is 2.35. The number of anilines is 1. The Labute approximate surface area is 118 Å². The summed E-state index contributed by atoms with van der Waals surface area (Å²) in [5.41, 5.74) is -0.695. The molecule has 2 rings (SSSR count). The lowest BCUT2D eigenvalue weighted by atomic mass is 10.1. The van der Waals surface area contributed by atoms with Gasteiger partial charge in [-0.2, -0.15) is 25.8 Å². The molecule has 7 heteroatoms. The third-order valence-corrected chi connectivity index (χ3v) is 3.88. The zero-order valence-electron chi connectivity index (χ0n) is 9.75. The van der Waals surface area contributed by atoms with Crippen molar-refractivity contribution in [3.8, 4) is 0 Å². The van der Waals surface area contributed by atoms with Crippen molar-refractivity contribution in [2.45, 2.75) is 12.6 Å². The minimum absolute atomic E-state index is 0.0702. The van der Waals surface area contributed by atoms with E-state index in [2.05, 4.69) is 12.6 Å². The number of carbonyl (C=O) groups excluding carboxylic acids is 1. The zero-order chi connectivity index (χ0) is 14.2. The number of halogens is 4. The summed E-state index contributed by atoms with van der Waals surface area (Å²) in [6.45, 7) is 0.390. The second kappa shape index (κ2) is 5.25. The standard InChI is InChI=1S/C12H11ClF3NOS/c13-10-2-1-8(4-9(10)12(14,15)16)17-5-7(6-19)3-11(17)18/h1-2,4,7,19H,3,5-6H2. The van der Waals surface area contributed by atoms with Crippen LogP contribution in [-0.2, 0) is 11.0 Å². The number of carbonyl (C=O) groups is 1. The Bertz CT molecular complexity index is 506. The Morgan fingerprint density at radius 1 is 1.42 bits per heavy atom. The first kappa shape index (κ1) is 14.5. The number of hydrogen-bond acceptors (Lipinski definition) is 2. The fraction of sp³-hybridized carbons (Fsp3) is 0.417. The average Bonchev–Trinajstić information content (AvgIpc) is 2.70. The molecule has 0 spiro atoms. The molecule has 1 saturated heterocycles. The molecule has 1 aliphatic rings. The van der Waals surface area contributed by atoms with Gasteiger partial charge in [0.1, 0.15) is 0 Å². The number of amides is 1. The molecule has 1 aliphatic heterocycles. The van der Waals surface area contributed by atoms with E-state index in [9.17, 15) is 18.0 Å². The van der Waals surface area contributed by atoms with Crippen molar-refractivity contribution in [1.29, 1.82) is 0 Å². The first-order chi connectivity index (χ1) is 8.82. The molecule has 0 saturated carbocycles. The number of alkyl halides is 3. The summed E-state index contributed by atoms with van der Waals surface area (Å²) in [6.07, 6.45) is -4.22. The molecule has 1 aromatic carbocycles. The highest BCUT2D eigenvalue weighted by molar-refractivity contribution is 7.80. The van der Waals surface area contributed by atoms with Crippen LogP contribution in [0.3, 0.4) is 0 Å². The van der Waals surface area contributed by atoms with E-state index < -0.39 is 11.7 Å².